The lowest BCUT2D eigenvalue weighted by molar-refractivity contribution is 0.0991. The van der Waals surface area contributed by atoms with E-state index >= 15 is 0 Å². The molecule has 0 spiro atoms. The Morgan fingerprint density at radius 1 is 1.00 bits per heavy atom. The van der Waals surface area contributed by atoms with E-state index in [0.29, 0.717) is 17.2 Å². The Bertz CT molecular complexity index is 1170. The van der Waals surface area contributed by atoms with Gasteiger partial charge in [-0.1, -0.05) is 12.1 Å². The number of nitrogens with one attached hydrogen (secondary N) is 1. The van der Waals surface area contributed by atoms with E-state index in [4.69, 9.17) is 18.6 Å². The zero-order chi connectivity index (χ0) is 23.1. The first-order chi connectivity index (χ1) is 15.1. The molecule has 1 aliphatic rings. The molecule has 0 radical (unpaired) electrons. The number of rotatable bonds is 6. The van der Waals surface area contributed by atoms with Gasteiger partial charge in [-0.3, -0.25) is 14.0 Å². The molecule has 32 heavy (non-hydrogen) atoms. The van der Waals surface area contributed by atoms with Gasteiger partial charge < -0.3 is 23.9 Å². The zero-order valence-electron chi connectivity index (χ0n) is 19.4. The van der Waals surface area contributed by atoms with Crippen LogP contribution in [0.4, 0.5) is 5.69 Å². The second kappa shape index (κ2) is 7.81. The molecular formula is C25H31NO5S. The fraction of sp³-hybridized carbons (Fsp3) is 0.320. The van der Waals surface area contributed by atoms with E-state index in [-0.39, 0.29) is 11.7 Å². The molecule has 7 heteroatoms. The van der Waals surface area contributed by atoms with Gasteiger partial charge in [0.2, 0.25) is 0 Å². The summed E-state index contributed by atoms with van der Waals surface area (Å²) in [6, 6.07) is 12.9. The maximum absolute atomic E-state index is 12.8. The summed E-state index contributed by atoms with van der Waals surface area (Å²) in [4.78, 5) is 14.2. The molecule has 1 aliphatic heterocycles. The highest BCUT2D eigenvalue weighted by molar-refractivity contribution is 8.48. The number of thiol groups is 1. The van der Waals surface area contributed by atoms with Crippen LogP contribution in [0.5, 0.6) is 23.2 Å². The van der Waals surface area contributed by atoms with E-state index in [1.54, 1.807) is 30.3 Å². The number of carbonyl (C=O) groups excluding carboxylic acids is 1. The second-order valence-electron chi connectivity index (χ2n) is 9.55. The molecule has 4 rings (SSSR count). The van der Waals surface area contributed by atoms with Crippen LogP contribution in [-0.4, -0.2) is 44.6 Å². The normalized spacial score (nSPS) is 17.0. The fourth-order valence-corrected chi connectivity index (χ4v) is 7.31. The van der Waals surface area contributed by atoms with Gasteiger partial charge in [0.15, 0.2) is 5.76 Å². The molecule has 2 aromatic carbocycles. The predicted molar refractivity (Wildman–Crippen MR) is 131 cm³/mol. The molecular weight excluding hydrogens is 426 g/mol. The first-order valence-electron chi connectivity index (χ1n) is 10.5. The Labute approximate surface area is 189 Å². The largest absolute Gasteiger partial charge is 0.494 e. The summed E-state index contributed by atoms with van der Waals surface area (Å²) < 4.78 is 22.5. The standard InChI is InChI=1S/C25H31NO5S/c1-16-14-17-12-13-32(4,5,6)22(17)15-21(16)31-23-11-10-20(30-23)25(27)26-24-18(28-2)8-7-9-19(24)29-3/h7-11,14-15,32H,12-13H2,1-6H3,(H,26,27). The summed E-state index contributed by atoms with van der Waals surface area (Å²) in [6.07, 6.45) is 8.32. The number of methoxy groups -OCH3 is 2. The molecule has 0 bridgehead atoms. The Morgan fingerprint density at radius 3 is 2.34 bits per heavy atom. The fourth-order valence-electron chi connectivity index (χ4n) is 4.21. The van der Waals surface area contributed by atoms with Crippen LogP contribution in [0, 0.1) is 6.92 Å². The maximum atomic E-state index is 12.8. The second-order valence-corrected chi connectivity index (χ2v) is 16.7. The van der Waals surface area contributed by atoms with E-state index in [1.165, 1.54) is 30.4 Å². The molecule has 172 valence electrons. The molecule has 0 saturated heterocycles. The lowest BCUT2D eigenvalue weighted by Crippen LogP contribution is -2.13. The number of amides is 1. The van der Waals surface area contributed by atoms with Crippen molar-refractivity contribution in [3.8, 4) is 23.2 Å². The number of anilines is 1. The highest BCUT2D eigenvalue weighted by Gasteiger charge is 2.36. The van der Waals surface area contributed by atoms with Crippen molar-refractivity contribution in [3.63, 3.8) is 0 Å². The van der Waals surface area contributed by atoms with Crippen LogP contribution in [0.15, 0.2) is 51.8 Å². The van der Waals surface area contributed by atoms with Gasteiger partial charge in [-0.2, -0.15) is 0 Å². The minimum absolute atomic E-state index is 0.132. The number of hydrogen-bond acceptors (Lipinski definition) is 5. The van der Waals surface area contributed by atoms with Gasteiger partial charge >= 0.3 is 0 Å². The Kier molecular flexibility index (Phi) is 5.41. The van der Waals surface area contributed by atoms with Crippen molar-refractivity contribution in [2.24, 2.45) is 0 Å². The molecule has 1 N–H and O–H groups in total. The molecule has 0 unspecified atom stereocenters. The zero-order valence-corrected chi connectivity index (χ0v) is 20.3. The minimum atomic E-state index is -1.88. The third kappa shape index (κ3) is 4.05. The Morgan fingerprint density at radius 2 is 1.69 bits per heavy atom. The van der Waals surface area contributed by atoms with Crippen LogP contribution in [0.1, 0.15) is 21.7 Å². The number of benzene rings is 2. The maximum Gasteiger partial charge on any atom is 0.291 e. The topological polar surface area (TPSA) is 69.9 Å². The summed E-state index contributed by atoms with van der Waals surface area (Å²) in [6.45, 7) is 2.04. The SMILES string of the molecule is COc1cccc(OC)c1NC(=O)c1ccc(Oc2cc3c(cc2C)CC[SH]3(C)(C)C)o1. The molecule has 6 nitrogen and oxygen atoms in total. The predicted octanol–water partition coefficient (Wildman–Crippen LogP) is 5.53. The van der Waals surface area contributed by atoms with Crippen molar-refractivity contribution >= 4 is 20.8 Å². The first-order valence-corrected chi connectivity index (χ1v) is 14.3. The number of ether oxygens (including phenoxy) is 3. The van der Waals surface area contributed by atoms with E-state index in [9.17, 15) is 4.79 Å². The van der Waals surface area contributed by atoms with Gasteiger partial charge in [-0.15, -0.1) is 0 Å². The number of hydrogen-bond donors (Lipinski definition) is 2. The molecule has 1 aromatic heterocycles. The molecule has 0 fully saturated rings. The quantitative estimate of drug-likeness (QED) is 0.477. The third-order valence-corrected chi connectivity index (χ3v) is 10.1. The van der Waals surface area contributed by atoms with Gasteiger partial charge in [0.25, 0.3) is 11.9 Å². The lowest BCUT2D eigenvalue weighted by atomic mass is 10.1. The number of aryl methyl sites for hydroxylation is 2. The van der Waals surface area contributed by atoms with Gasteiger partial charge in [-0.05, 0) is 78.2 Å². The molecule has 2 heterocycles. The number of carbonyl (C=O) groups is 1. The van der Waals surface area contributed by atoms with E-state index in [1.807, 2.05) is 6.92 Å². The van der Waals surface area contributed by atoms with Gasteiger partial charge in [0.05, 0.1) is 14.2 Å². The Balaban J connectivity index is 1.56. The summed E-state index contributed by atoms with van der Waals surface area (Å²) >= 11 is 0. The first kappa shape index (κ1) is 22.1. The third-order valence-electron chi connectivity index (χ3n) is 6.12. The van der Waals surface area contributed by atoms with Gasteiger partial charge in [-0.25, -0.2) is 0 Å². The van der Waals surface area contributed by atoms with E-state index < -0.39 is 15.1 Å². The van der Waals surface area contributed by atoms with Crippen molar-refractivity contribution in [2.45, 2.75) is 18.2 Å². The van der Waals surface area contributed by atoms with Crippen molar-refractivity contribution in [1.82, 2.24) is 0 Å². The molecule has 3 aromatic rings. The highest BCUT2D eigenvalue weighted by Crippen LogP contribution is 2.71. The van der Waals surface area contributed by atoms with Crippen molar-refractivity contribution in [3.05, 3.63) is 59.4 Å². The lowest BCUT2D eigenvalue weighted by Gasteiger charge is -2.48. The van der Waals surface area contributed by atoms with Crippen LogP contribution in [0.25, 0.3) is 0 Å². The molecule has 0 atom stereocenters. The molecule has 0 aliphatic carbocycles. The summed E-state index contributed by atoms with van der Waals surface area (Å²) in [5, 5.41) is 2.80. The Hall–Kier alpha value is -3.06. The summed E-state index contributed by atoms with van der Waals surface area (Å²) in [5.74, 6) is 2.96. The van der Waals surface area contributed by atoms with Crippen LogP contribution in [0.3, 0.4) is 0 Å². The molecule has 0 saturated carbocycles. The average molecular weight is 458 g/mol. The monoisotopic (exact) mass is 457 g/mol. The number of fused-ring (bicyclic) bond motifs is 1. The van der Waals surface area contributed by atoms with Gasteiger partial charge in [0, 0.05) is 6.07 Å². The van der Waals surface area contributed by atoms with Crippen molar-refractivity contribution in [2.75, 3.05) is 44.1 Å². The summed E-state index contributed by atoms with van der Waals surface area (Å²) in [7, 11) is 1.19. The highest BCUT2D eigenvalue weighted by atomic mass is 32.3. The average Bonchev–Trinajstić information content (AvgIpc) is 3.31. The summed E-state index contributed by atoms with van der Waals surface area (Å²) in [5.41, 5.74) is 2.92. The van der Waals surface area contributed by atoms with E-state index in [0.717, 1.165) is 17.7 Å². The number of para-hydroxylation sites is 1. The van der Waals surface area contributed by atoms with Crippen LogP contribution in [0.2, 0.25) is 0 Å². The van der Waals surface area contributed by atoms with Crippen LogP contribution in [-0.2, 0) is 6.42 Å². The minimum Gasteiger partial charge on any atom is -0.494 e. The smallest absolute Gasteiger partial charge is 0.291 e. The van der Waals surface area contributed by atoms with Crippen LogP contribution < -0.4 is 19.5 Å². The van der Waals surface area contributed by atoms with Crippen molar-refractivity contribution in [1.29, 1.82) is 0 Å². The number of furan rings is 1. The van der Waals surface area contributed by atoms with Crippen LogP contribution >= 0.6 is 9.16 Å². The van der Waals surface area contributed by atoms with Gasteiger partial charge in [0.1, 0.15) is 22.9 Å². The van der Waals surface area contributed by atoms with E-state index in [2.05, 4.69) is 36.2 Å². The molecule has 1 amide bonds. The van der Waals surface area contributed by atoms with Crippen molar-refractivity contribution < 1.29 is 23.4 Å².